The van der Waals surface area contributed by atoms with Crippen molar-refractivity contribution in [2.24, 2.45) is 0 Å². The molecular weight excluding hydrogens is 212 g/mol. The van der Waals surface area contributed by atoms with Crippen molar-refractivity contribution in [3.63, 3.8) is 0 Å². The SMILES string of the molecule is Cc1nc(Cl)c(NC2CN(C)C2)nc1C. The van der Waals surface area contributed by atoms with Gasteiger partial charge in [-0.1, -0.05) is 11.6 Å². The minimum absolute atomic E-state index is 0.448. The summed E-state index contributed by atoms with van der Waals surface area (Å²) in [6.07, 6.45) is 0. The van der Waals surface area contributed by atoms with E-state index in [9.17, 15) is 0 Å². The molecule has 0 radical (unpaired) electrons. The van der Waals surface area contributed by atoms with E-state index in [2.05, 4.69) is 27.2 Å². The van der Waals surface area contributed by atoms with Crippen LogP contribution < -0.4 is 5.32 Å². The molecule has 4 nitrogen and oxygen atoms in total. The Morgan fingerprint density at radius 3 is 2.47 bits per heavy atom. The maximum atomic E-state index is 6.01. The summed E-state index contributed by atoms with van der Waals surface area (Å²) < 4.78 is 0. The molecule has 0 aromatic carbocycles. The first kappa shape index (κ1) is 10.6. The van der Waals surface area contributed by atoms with Crippen LogP contribution in [-0.4, -0.2) is 41.0 Å². The van der Waals surface area contributed by atoms with Crippen LogP contribution in [0.3, 0.4) is 0 Å². The number of likely N-dealkylation sites (tertiary alicyclic amines) is 1. The van der Waals surface area contributed by atoms with Crippen molar-refractivity contribution in [2.45, 2.75) is 19.9 Å². The third kappa shape index (κ3) is 2.21. The topological polar surface area (TPSA) is 41.1 Å². The molecule has 1 aliphatic heterocycles. The van der Waals surface area contributed by atoms with Gasteiger partial charge in [-0.3, -0.25) is 0 Å². The van der Waals surface area contributed by atoms with Crippen LogP contribution in [0.4, 0.5) is 5.82 Å². The number of halogens is 1. The van der Waals surface area contributed by atoms with Crippen LogP contribution in [-0.2, 0) is 0 Å². The van der Waals surface area contributed by atoms with Gasteiger partial charge in [0.1, 0.15) is 0 Å². The molecule has 0 bridgehead atoms. The zero-order chi connectivity index (χ0) is 11.0. The third-order valence-electron chi connectivity index (χ3n) is 2.67. The van der Waals surface area contributed by atoms with Crippen LogP contribution in [0.1, 0.15) is 11.4 Å². The van der Waals surface area contributed by atoms with Crippen LogP contribution in [0.2, 0.25) is 5.15 Å². The second kappa shape index (κ2) is 3.94. The average Bonchev–Trinajstić information content (AvgIpc) is 2.11. The summed E-state index contributed by atoms with van der Waals surface area (Å²) in [6, 6.07) is 0.448. The molecule has 0 spiro atoms. The van der Waals surface area contributed by atoms with Crippen molar-refractivity contribution < 1.29 is 0 Å². The zero-order valence-electron chi connectivity index (χ0n) is 9.21. The number of rotatable bonds is 2. The van der Waals surface area contributed by atoms with Crippen molar-refractivity contribution in [3.05, 3.63) is 16.5 Å². The number of nitrogens with zero attached hydrogens (tertiary/aromatic N) is 3. The van der Waals surface area contributed by atoms with E-state index >= 15 is 0 Å². The summed E-state index contributed by atoms with van der Waals surface area (Å²) >= 11 is 6.01. The van der Waals surface area contributed by atoms with Gasteiger partial charge in [0.05, 0.1) is 17.4 Å². The zero-order valence-corrected chi connectivity index (χ0v) is 9.97. The molecule has 1 aromatic rings. The van der Waals surface area contributed by atoms with Gasteiger partial charge in [-0.05, 0) is 20.9 Å². The first-order chi connectivity index (χ1) is 7.06. The van der Waals surface area contributed by atoms with Gasteiger partial charge in [0.2, 0.25) is 0 Å². The summed E-state index contributed by atoms with van der Waals surface area (Å²) in [6.45, 7) is 5.92. The predicted molar refractivity (Wildman–Crippen MR) is 61.4 cm³/mol. The van der Waals surface area contributed by atoms with Crippen molar-refractivity contribution in [1.82, 2.24) is 14.9 Å². The molecule has 0 saturated carbocycles. The molecule has 0 amide bonds. The number of aromatic nitrogens is 2. The Labute approximate surface area is 94.7 Å². The summed E-state index contributed by atoms with van der Waals surface area (Å²) in [7, 11) is 2.09. The van der Waals surface area contributed by atoms with Crippen LogP contribution in [0.15, 0.2) is 0 Å². The first-order valence-corrected chi connectivity index (χ1v) is 5.40. The minimum Gasteiger partial charge on any atom is -0.362 e. The Morgan fingerprint density at radius 1 is 1.27 bits per heavy atom. The molecule has 1 aromatic heterocycles. The largest absolute Gasteiger partial charge is 0.362 e. The Morgan fingerprint density at radius 2 is 1.87 bits per heavy atom. The molecule has 5 heteroatoms. The minimum atomic E-state index is 0.448. The highest BCUT2D eigenvalue weighted by Gasteiger charge is 2.24. The van der Waals surface area contributed by atoms with E-state index < -0.39 is 0 Å². The highest BCUT2D eigenvalue weighted by atomic mass is 35.5. The second-order valence-electron chi connectivity index (χ2n) is 4.10. The predicted octanol–water partition coefficient (Wildman–Crippen LogP) is 1.47. The fourth-order valence-corrected chi connectivity index (χ4v) is 1.87. The molecular formula is C10H15ClN4. The van der Waals surface area contributed by atoms with Crippen LogP contribution in [0.25, 0.3) is 0 Å². The summed E-state index contributed by atoms with van der Waals surface area (Å²) in [4.78, 5) is 10.9. The van der Waals surface area contributed by atoms with Gasteiger partial charge in [0.25, 0.3) is 0 Å². The summed E-state index contributed by atoms with van der Waals surface area (Å²) in [5.41, 5.74) is 1.81. The Bertz CT molecular complexity index is 374. The second-order valence-corrected chi connectivity index (χ2v) is 4.45. The smallest absolute Gasteiger partial charge is 0.171 e. The van der Waals surface area contributed by atoms with Gasteiger partial charge in [-0.25, -0.2) is 9.97 Å². The number of hydrogen-bond donors (Lipinski definition) is 1. The van der Waals surface area contributed by atoms with Crippen molar-refractivity contribution in [3.8, 4) is 0 Å². The normalized spacial score (nSPS) is 17.6. The van der Waals surface area contributed by atoms with Crippen LogP contribution >= 0.6 is 11.6 Å². The lowest BCUT2D eigenvalue weighted by Gasteiger charge is -2.36. The fraction of sp³-hybridized carbons (Fsp3) is 0.600. The molecule has 15 heavy (non-hydrogen) atoms. The molecule has 1 aliphatic rings. The van der Waals surface area contributed by atoms with Crippen molar-refractivity contribution >= 4 is 17.4 Å². The van der Waals surface area contributed by atoms with Crippen molar-refractivity contribution in [2.75, 3.05) is 25.5 Å². The number of nitrogens with one attached hydrogen (secondary N) is 1. The van der Waals surface area contributed by atoms with Gasteiger partial charge < -0.3 is 10.2 Å². The quantitative estimate of drug-likeness (QED) is 0.830. The highest BCUT2D eigenvalue weighted by molar-refractivity contribution is 6.31. The molecule has 1 fully saturated rings. The summed E-state index contributed by atoms with van der Waals surface area (Å²) in [5.74, 6) is 0.706. The number of likely N-dealkylation sites (N-methyl/N-ethyl adjacent to an activating group) is 1. The first-order valence-electron chi connectivity index (χ1n) is 5.02. The average molecular weight is 227 g/mol. The molecule has 1 saturated heterocycles. The van der Waals surface area contributed by atoms with E-state index in [0.29, 0.717) is 17.0 Å². The third-order valence-corrected chi connectivity index (χ3v) is 2.93. The number of anilines is 1. The van der Waals surface area contributed by atoms with E-state index in [1.165, 1.54) is 0 Å². The summed E-state index contributed by atoms with van der Waals surface area (Å²) in [5, 5.41) is 3.76. The van der Waals surface area contributed by atoms with Gasteiger partial charge in [-0.15, -0.1) is 0 Å². The fourth-order valence-electron chi connectivity index (χ4n) is 1.65. The lowest BCUT2D eigenvalue weighted by molar-refractivity contribution is 0.205. The van der Waals surface area contributed by atoms with Crippen LogP contribution in [0.5, 0.6) is 0 Å². The maximum Gasteiger partial charge on any atom is 0.171 e. The monoisotopic (exact) mass is 226 g/mol. The lowest BCUT2D eigenvalue weighted by atomic mass is 10.1. The van der Waals surface area contributed by atoms with E-state index in [1.54, 1.807) is 0 Å². The van der Waals surface area contributed by atoms with Gasteiger partial charge in [0, 0.05) is 13.1 Å². The molecule has 82 valence electrons. The number of hydrogen-bond acceptors (Lipinski definition) is 4. The highest BCUT2D eigenvalue weighted by Crippen LogP contribution is 2.21. The van der Waals surface area contributed by atoms with E-state index in [4.69, 9.17) is 11.6 Å². The molecule has 1 N–H and O–H groups in total. The number of aryl methyl sites for hydroxylation is 2. The lowest BCUT2D eigenvalue weighted by Crippen LogP contribution is -2.52. The van der Waals surface area contributed by atoms with Gasteiger partial charge in [0.15, 0.2) is 11.0 Å². The standard InChI is InChI=1S/C10H15ClN4/c1-6-7(2)13-10(9(11)12-6)14-8-4-15(3)5-8/h8H,4-5H2,1-3H3,(H,13,14). The molecule has 0 atom stereocenters. The van der Waals surface area contributed by atoms with Gasteiger partial charge >= 0.3 is 0 Å². The van der Waals surface area contributed by atoms with Crippen LogP contribution in [0, 0.1) is 13.8 Å². The van der Waals surface area contributed by atoms with Gasteiger partial charge in [-0.2, -0.15) is 0 Å². The van der Waals surface area contributed by atoms with E-state index in [0.717, 1.165) is 24.5 Å². The Hall–Kier alpha value is -0.870. The Balaban J connectivity index is 2.11. The van der Waals surface area contributed by atoms with E-state index in [1.807, 2.05) is 13.8 Å². The molecule has 0 unspecified atom stereocenters. The van der Waals surface area contributed by atoms with E-state index in [-0.39, 0.29) is 0 Å². The molecule has 0 aliphatic carbocycles. The van der Waals surface area contributed by atoms with Crippen molar-refractivity contribution in [1.29, 1.82) is 0 Å². The molecule has 2 rings (SSSR count). The Kier molecular flexibility index (Phi) is 2.80. The maximum absolute atomic E-state index is 6.01. The molecule has 2 heterocycles.